The molecule has 5 heteroatoms. The van der Waals surface area contributed by atoms with E-state index in [2.05, 4.69) is 0 Å². The van der Waals surface area contributed by atoms with Crippen molar-refractivity contribution < 1.29 is 14.6 Å². The Morgan fingerprint density at radius 3 is 2.56 bits per heavy atom. The maximum absolute atomic E-state index is 12.0. The van der Waals surface area contributed by atoms with Gasteiger partial charge >= 0.3 is 5.63 Å². The van der Waals surface area contributed by atoms with Crippen LogP contribution in [-0.2, 0) is 6.54 Å². The van der Waals surface area contributed by atoms with Crippen LogP contribution in [0, 0.1) is 0 Å². The molecule has 0 amide bonds. The number of aromatic hydroxyl groups is 1. The SMILES string of the molecule is CCN(CCO)Cc1cc(=O)oc2cc(-c3ccccc3)c(O)cc12. The molecule has 0 fully saturated rings. The zero-order valence-electron chi connectivity index (χ0n) is 14.1. The number of fused-ring (bicyclic) bond motifs is 1. The van der Waals surface area contributed by atoms with Crippen molar-refractivity contribution in [3.05, 3.63) is 64.5 Å². The molecule has 5 nitrogen and oxygen atoms in total. The highest BCUT2D eigenvalue weighted by Gasteiger charge is 2.14. The van der Waals surface area contributed by atoms with Crippen molar-refractivity contribution in [2.45, 2.75) is 13.5 Å². The fraction of sp³-hybridized carbons (Fsp3) is 0.250. The highest BCUT2D eigenvalue weighted by molar-refractivity contribution is 5.88. The molecule has 0 saturated heterocycles. The number of phenolic OH excluding ortho intramolecular Hbond substituents is 1. The quantitative estimate of drug-likeness (QED) is 0.676. The summed E-state index contributed by atoms with van der Waals surface area (Å²) in [6.07, 6.45) is 0. The Balaban J connectivity index is 2.11. The van der Waals surface area contributed by atoms with Crippen molar-refractivity contribution in [2.24, 2.45) is 0 Å². The van der Waals surface area contributed by atoms with Gasteiger partial charge in [-0.05, 0) is 29.8 Å². The van der Waals surface area contributed by atoms with Crippen molar-refractivity contribution >= 4 is 11.0 Å². The van der Waals surface area contributed by atoms with Gasteiger partial charge in [0.15, 0.2) is 0 Å². The predicted octanol–water partition coefficient (Wildman–Crippen LogP) is 2.98. The number of benzene rings is 2. The van der Waals surface area contributed by atoms with Crippen molar-refractivity contribution in [1.29, 1.82) is 0 Å². The largest absolute Gasteiger partial charge is 0.507 e. The molecule has 2 aromatic carbocycles. The number of hydrogen-bond donors (Lipinski definition) is 2. The molecule has 0 aliphatic carbocycles. The van der Waals surface area contributed by atoms with Crippen LogP contribution in [0.4, 0.5) is 0 Å². The second kappa shape index (κ2) is 7.51. The maximum Gasteiger partial charge on any atom is 0.336 e. The summed E-state index contributed by atoms with van der Waals surface area (Å²) in [5.41, 5.74) is 2.27. The Kier molecular flexibility index (Phi) is 5.16. The van der Waals surface area contributed by atoms with Gasteiger partial charge in [0.05, 0.1) is 6.61 Å². The number of hydrogen-bond acceptors (Lipinski definition) is 5. The third kappa shape index (κ3) is 3.73. The van der Waals surface area contributed by atoms with Gasteiger partial charge in [-0.25, -0.2) is 4.79 Å². The van der Waals surface area contributed by atoms with Crippen LogP contribution in [-0.4, -0.2) is 34.8 Å². The van der Waals surface area contributed by atoms with Gasteiger partial charge < -0.3 is 14.6 Å². The van der Waals surface area contributed by atoms with Gasteiger partial charge in [0, 0.05) is 30.1 Å². The van der Waals surface area contributed by atoms with Gasteiger partial charge in [-0.1, -0.05) is 37.3 Å². The summed E-state index contributed by atoms with van der Waals surface area (Å²) in [6.45, 7) is 3.82. The van der Waals surface area contributed by atoms with E-state index < -0.39 is 5.63 Å². The molecule has 3 rings (SSSR count). The maximum atomic E-state index is 12.0. The second-order valence-electron chi connectivity index (χ2n) is 5.91. The molecule has 3 aromatic rings. The van der Waals surface area contributed by atoms with Crippen LogP contribution in [0.1, 0.15) is 12.5 Å². The Labute approximate surface area is 145 Å². The van der Waals surface area contributed by atoms with Crippen LogP contribution in [0.15, 0.2) is 57.7 Å². The van der Waals surface area contributed by atoms with Gasteiger partial charge in [-0.3, -0.25) is 4.90 Å². The van der Waals surface area contributed by atoms with E-state index >= 15 is 0 Å². The van der Waals surface area contributed by atoms with Crippen molar-refractivity contribution in [3.63, 3.8) is 0 Å². The van der Waals surface area contributed by atoms with Gasteiger partial charge in [0.2, 0.25) is 0 Å². The van der Waals surface area contributed by atoms with Crippen LogP contribution < -0.4 is 5.63 Å². The molecule has 0 saturated carbocycles. The van der Waals surface area contributed by atoms with E-state index in [4.69, 9.17) is 9.52 Å². The van der Waals surface area contributed by atoms with Gasteiger partial charge in [0.25, 0.3) is 0 Å². The van der Waals surface area contributed by atoms with Gasteiger partial charge in [0.1, 0.15) is 11.3 Å². The second-order valence-corrected chi connectivity index (χ2v) is 5.91. The molecule has 0 radical (unpaired) electrons. The number of rotatable bonds is 6. The van der Waals surface area contributed by atoms with E-state index in [-0.39, 0.29) is 12.4 Å². The first-order valence-corrected chi connectivity index (χ1v) is 8.30. The summed E-state index contributed by atoms with van der Waals surface area (Å²) in [4.78, 5) is 14.0. The molecular weight excluding hydrogens is 318 g/mol. The molecule has 1 aromatic heterocycles. The Bertz CT molecular complexity index is 918. The van der Waals surface area contributed by atoms with Gasteiger partial charge in [-0.15, -0.1) is 0 Å². The summed E-state index contributed by atoms with van der Waals surface area (Å²) >= 11 is 0. The molecule has 0 spiro atoms. The lowest BCUT2D eigenvalue weighted by Crippen LogP contribution is -2.26. The fourth-order valence-corrected chi connectivity index (χ4v) is 2.97. The molecule has 2 N–H and O–H groups in total. The third-order valence-corrected chi connectivity index (χ3v) is 4.29. The first kappa shape index (κ1) is 17.2. The van der Waals surface area contributed by atoms with Crippen LogP contribution in [0.5, 0.6) is 5.75 Å². The molecule has 1 heterocycles. The number of phenols is 1. The monoisotopic (exact) mass is 339 g/mol. The van der Waals surface area contributed by atoms with Crippen LogP contribution in [0.2, 0.25) is 0 Å². The third-order valence-electron chi connectivity index (χ3n) is 4.29. The van der Waals surface area contributed by atoms with E-state index in [0.717, 1.165) is 17.7 Å². The zero-order valence-corrected chi connectivity index (χ0v) is 14.1. The summed E-state index contributed by atoms with van der Waals surface area (Å²) in [7, 11) is 0. The molecule has 25 heavy (non-hydrogen) atoms. The predicted molar refractivity (Wildman–Crippen MR) is 97.6 cm³/mol. The van der Waals surface area contributed by atoms with E-state index in [9.17, 15) is 9.90 Å². The molecule has 0 bridgehead atoms. The molecular formula is C20H21NO4. The first-order valence-electron chi connectivity index (χ1n) is 8.30. The average molecular weight is 339 g/mol. The summed E-state index contributed by atoms with van der Waals surface area (Å²) < 4.78 is 5.36. The molecule has 0 unspecified atom stereocenters. The zero-order chi connectivity index (χ0) is 17.8. The minimum atomic E-state index is -0.424. The van der Waals surface area contributed by atoms with E-state index in [1.807, 2.05) is 42.2 Å². The van der Waals surface area contributed by atoms with Crippen LogP contribution >= 0.6 is 0 Å². The molecule has 0 aliphatic rings. The lowest BCUT2D eigenvalue weighted by atomic mass is 10.0. The fourth-order valence-electron chi connectivity index (χ4n) is 2.97. The Morgan fingerprint density at radius 2 is 1.88 bits per heavy atom. The van der Waals surface area contributed by atoms with E-state index in [0.29, 0.717) is 29.6 Å². The number of aliphatic hydroxyl groups is 1. The number of likely N-dealkylation sites (N-methyl/N-ethyl adjacent to an activating group) is 1. The van der Waals surface area contributed by atoms with E-state index in [1.165, 1.54) is 6.07 Å². The minimum Gasteiger partial charge on any atom is -0.507 e. The highest BCUT2D eigenvalue weighted by Crippen LogP contribution is 2.34. The first-order chi connectivity index (χ1) is 12.1. The average Bonchev–Trinajstić information content (AvgIpc) is 2.62. The van der Waals surface area contributed by atoms with Crippen LogP contribution in [0.25, 0.3) is 22.1 Å². The lowest BCUT2D eigenvalue weighted by molar-refractivity contribution is 0.197. The molecule has 0 aliphatic heterocycles. The minimum absolute atomic E-state index is 0.0522. The number of nitrogens with zero attached hydrogens (tertiary/aromatic N) is 1. The summed E-state index contributed by atoms with van der Waals surface area (Å²) in [5.74, 6) is 0.138. The number of aliphatic hydroxyl groups excluding tert-OH is 1. The van der Waals surface area contributed by atoms with Crippen molar-refractivity contribution in [2.75, 3.05) is 19.7 Å². The van der Waals surface area contributed by atoms with Crippen molar-refractivity contribution in [3.8, 4) is 16.9 Å². The lowest BCUT2D eigenvalue weighted by Gasteiger charge is -2.20. The summed E-state index contributed by atoms with van der Waals surface area (Å²) in [6, 6.07) is 14.3. The van der Waals surface area contributed by atoms with E-state index in [1.54, 1.807) is 12.1 Å². The molecule has 130 valence electrons. The van der Waals surface area contributed by atoms with Crippen LogP contribution in [0.3, 0.4) is 0 Å². The Hall–Kier alpha value is -2.63. The standard InChI is InChI=1S/C20H21NO4/c1-2-21(8-9-22)13-15-10-20(24)25-19-12-16(18(23)11-17(15)19)14-6-4-3-5-7-14/h3-7,10-12,22-23H,2,8-9,13H2,1H3. The topological polar surface area (TPSA) is 73.9 Å². The summed E-state index contributed by atoms with van der Waals surface area (Å²) in [5, 5.41) is 20.3. The molecule has 0 atom stereocenters. The smallest absolute Gasteiger partial charge is 0.336 e. The highest BCUT2D eigenvalue weighted by atomic mass is 16.4. The van der Waals surface area contributed by atoms with Gasteiger partial charge in [-0.2, -0.15) is 0 Å². The normalized spacial score (nSPS) is 11.3. The van der Waals surface area contributed by atoms with Crippen molar-refractivity contribution in [1.82, 2.24) is 4.90 Å². The Morgan fingerprint density at radius 1 is 1.12 bits per heavy atom.